The minimum atomic E-state index is -3.67. The van der Waals surface area contributed by atoms with Crippen LogP contribution in [0.3, 0.4) is 0 Å². The van der Waals surface area contributed by atoms with E-state index in [1.165, 1.54) is 12.1 Å². The fourth-order valence-corrected chi connectivity index (χ4v) is 2.61. The summed E-state index contributed by atoms with van der Waals surface area (Å²) in [5.41, 5.74) is 5.52. The third-order valence-electron chi connectivity index (χ3n) is 3.20. The predicted molar refractivity (Wildman–Crippen MR) is 87.3 cm³/mol. The van der Waals surface area contributed by atoms with E-state index < -0.39 is 10.0 Å². The van der Waals surface area contributed by atoms with Crippen LogP contribution in [0.2, 0.25) is 0 Å². The molecule has 4 N–H and O–H groups in total. The molecule has 1 aromatic heterocycles. The molecule has 2 aromatic carbocycles. The van der Waals surface area contributed by atoms with Crippen molar-refractivity contribution in [2.24, 2.45) is 10.2 Å². The van der Waals surface area contributed by atoms with Gasteiger partial charge >= 0.3 is 0 Å². The lowest BCUT2D eigenvalue weighted by Crippen LogP contribution is -2.11. The van der Waals surface area contributed by atoms with E-state index in [-0.39, 0.29) is 4.90 Å². The Morgan fingerprint density at radius 2 is 1.82 bits per heavy atom. The number of sulfonamides is 1. The third-order valence-corrected chi connectivity index (χ3v) is 4.13. The second-order valence-corrected chi connectivity index (χ2v) is 6.29. The van der Waals surface area contributed by atoms with E-state index in [2.05, 4.69) is 15.5 Å². The van der Waals surface area contributed by atoms with Crippen LogP contribution in [0.15, 0.2) is 64.7 Å². The first-order valence-corrected chi connectivity index (χ1v) is 8.07. The van der Waals surface area contributed by atoms with Gasteiger partial charge in [-0.1, -0.05) is 18.2 Å². The molecule has 0 amide bonds. The fourth-order valence-electron chi connectivity index (χ4n) is 2.10. The summed E-state index contributed by atoms with van der Waals surface area (Å²) < 4.78 is 22.3. The standard InChI is InChI=1S/C15H14N4O2S/c16-22(20,21)13-7-5-12(6-8-13)19-18-10-11-9-17-15-4-2-1-3-14(11)15/h1-10,17,19H,(H2,16,20,21)/b18-10+. The Bertz CT molecular complexity index is 928. The van der Waals surface area contributed by atoms with Gasteiger partial charge in [0, 0.05) is 22.7 Å². The Balaban J connectivity index is 1.75. The largest absolute Gasteiger partial charge is 0.361 e. The molecule has 0 aliphatic heterocycles. The highest BCUT2D eigenvalue weighted by Gasteiger charge is 2.06. The molecule has 0 aliphatic carbocycles. The fraction of sp³-hybridized carbons (Fsp3) is 0. The van der Waals surface area contributed by atoms with Crippen molar-refractivity contribution in [3.8, 4) is 0 Å². The van der Waals surface area contributed by atoms with Crippen molar-refractivity contribution in [2.45, 2.75) is 4.90 Å². The van der Waals surface area contributed by atoms with Crippen molar-refractivity contribution in [1.29, 1.82) is 0 Å². The number of nitrogens with zero attached hydrogens (tertiary/aromatic N) is 1. The number of rotatable bonds is 4. The molecule has 0 radical (unpaired) electrons. The van der Waals surface area contributed by atoms with Crippen molar-refractivity contribution >= 4 is 32.8 Å². The van der Waals surface area contributed by atoms with E-state index in [4.69, 9.17) is 5.14 Å². The first-order chi connectivity index (χ1) is 10.5. The number of anilines is 1. The molecule has 0 aliphatic rings. The minimum absolute atomic E-state index is 0.0682. The average Bonchev–Trinajstić information content (AvgIpc) is 2.90. The Labute approximate surface area is 127 Å². The van der Waals surface area contributed by atoms with Gasteiger partial charge in [-0.3, -0.25) is 5.43 Å². The molecular weight excluding hydrogens is 300 g/mol. The van der Waals surface area contributed by atoms with E-state index in [1.807, 2.05) is 30.5 Å². The van der Waals surface area contributed by atoms with Crippen LogP contribution in [-0.4, -0.2) is 19.6 Å². The first kappa shape index (κ1) is 14.3. The highest BCUT2D eigenvalue weighted by molar-refractivity contribution is 7.89. The molecule has 7 heteroatoms. The molecule has 3 aromatic rings. The van der Waals surface area contributed by atoms with Crippen LogP contribution >= 0.6 is 0 Å². The van der Waals surface area contributed by atoms with Crippen LogP contribution in [-0.2, 0) is 10.0 Å². The lowest BCUT2D eigenvalue weighted by Gasteiger charge is -2.01. The van der Waals surface area contributed by atoms with Crippen LogP contribution in [0.25, 0.3) is 10.9 Å². The summed E-state index contributed by atoms with van der Waals surface area (Å²) in [6, 6.07) is 14.0. The summed E-state index contributed by atoms with van der Waals surface area (Å²) in [4.78, 5) is 3.23. The molecule has 6 nitrogen and oxygen atoms in total. The van der Waals surface area contributed by atoms with Gasteiger partial charge in [-0.25, -0.2) is 13.6 Å². The maximum absolute atomic E-state index is 11.2. The lowest BCUT2D eigenvalue weighted by atomic mass is 10.2. The zero-order valence-corrected chi connectivity index (χ0v) is 12.3. The topological polar surface area (TPSA) is 100 Å². The van der Waals surface area contributed by atoms with Crippen LogP contribution < -0.4 is 10.6 Å². The molecule has 0 saturated carbocycles. The molecule has 0 fully saturated rings. The number of hydrogen-bond donors (Lipinski definition) is 3. The predicted octanol–water partition coefficient (Wildman–Crippen LogP) is 2.26. The summed E-state index contributed by atoms with van der Waals surface area (Å²) in [7, 11) is -3.67. The molecule has 0 spiro atoms. The van der Waals surface area contributed by atoms with Gasteiger partial charge in [0.2, 0.25) is 10.0 Å². The van der Waals surface area contributed by atoms with Crippen LogP contribution in [0.5, 0.6) is 0 Å². The number of hydrazone groups is 1. The number of para-hydroxylation sites is 1. The second kappa shape index (κ2) is 5.63. The Morgan fingerprint density at radius 3 is 2.55 bits per heavy atom. The van der Waals surface area contributed by atoms with E-state index in [0.29, 0.717) is 5.69 Å². The number of aromatic amines is 1. The highest BCUT2D eigenvalue weighted by Crippen LogP contribution is 2.16. The van der Waals surface area contributed by atoms with Gasteiger partial charge in [0.1, 0.15) is 0 Å². The van der Waals surface area contributed by atoms with E-state index in [0.717, 1.165) is 16.5 Å². The number of fused-ring (bicyclic) bond motifs is 1. The van der Waals surface area contributed by atoms with Gasteiger partial charge in [-0.2, -0.15) is 5.10 Å². The molecule has 0 unspecified atom stereocenters. The number of aromatic nitrogens is 1. The second-order valence-electron chi connectivity index (χ2n) is 4.73. The number of benzene rings is 2. The molecular formula is C15H14N4O2S. The van der Waals surface area contributed by atoms with Gasteiger partial charge in [-0.15, -0.1) is 0 Å². The van der Waals surface area contributed by atoms with Crippen molar-refractivity contribution in [3.63, 3.8) is 0 Å². The Kier molecular flexibility index (Phi) is 3.66. The summed E-state index contributed by atoms with van der Waals surface area (Å²) >= 11 is 0. The first-order valence-electron chi connectivity index (χ1n) is 6.52. The molecule has 3 rings (SSSR count). The summed E-state index contributed by atoms with van der Waals surface area (Å²) in [5, 5.41) is 10.3. The van der Waals surface area contributed by atoms with Crippen molar-refractivity contribution in [3.05, 3.63) is 60.3 Å². The molecule has 0 saturated heterocycles. The molecule has 0 bridgehead atoms. The Morgan fingerprint density at radius 1 is 1.09 bits per heavy atom. The lowest BCUT2D eigenvalue weighted by molar-refractivity contribution is 0.598. The average molecular weight is 314 g/mol. The van der Waals surface area contributed by atoms with Crippen molar-refractivity contribution in [1.82, 2.24) is 4.98 Å². The van der Waals surface area contributed by atoms with Gasteiger partial charge in [0.05, 0.1) is 16.8 Å². The van der Waals surface area contributed by atoms with Crippen LogP contribution in [0, 0.1) is 0 Å². The summed E-state index contributed by atoms with van der Waals surface area (Å²) in [5.74, 6) is 0. The van der Waals surface area contributed by atoms with E-state index >= 15 is 0 Å². The summed E-state index contributed by atoms with van der Waals surface area (Å²) in [6.07, 6.45) is 3.58. The smallest absolute Gasteiger partial charge is 0.238 e. The molecule has 22 heavy (non-hydrogen) atoms. The van der Waals surface area contributed by atoms with E-state index in [1.54, 1.807) is 18.3 Å². The number of nitrogens with one attached hydrogen (secondary N) is 2. The summed E-state index contributed by atoms with van der Waals surface area (Å²) in [6.45, 7) is 0. The van der Waals surface area contributed by atoms with Gasteiger partial charge in [0.15, 0.2) is 0 Å². The number of hydrogen-bond acceptors (Lipinski definition) is 4. The maximum atomic E-state index is 11.2. The van der Waals surface area contributed by atoms with Crippen molar-refractivity contribution < 1.29 is 8.42 Å². The zero-order chi connectivity index (χ0) is 15.6. The number of primary sulfonamides is 1. The highest BCUT2D eigenvalue weighted by atomic mass is 32.2. The number of nitrogens with two attached hydrogens (primary N) is 1. The quantitative estimate of drug-likeness (QED) is 0.508. The molecule has 112 valence electrons. The number of H-pyrrole nitrogens is 1. The van der Waals surface area contributed by atoms with Gasteiger partial charge in [0.25, 0.3) is 0 Å². The normalized spacial score (nSPS) is 12.0. The minimum Gasteiger partial charge on any atom is -0.361 e. The van der Waals surface area contributed by atoms with Gasteiger partial charge in [-0.05, 0) is 30.3 Å². The van der Waals surface area contributed by atoms with Crippen LogP contribution in [0.4, 0.5) is 5.69 Å². The van der Waals surface area contributed by atoms with E-state index in [9.17, 15) is 8.42 Å². The van der Waals surface area contributed by atoms with Crippen LogP contribution in [0.1, 0.15) is 5.56 Å². The zero-order valence-electron chi connectivity index (χ0n) is 11.5. The maximum Gasteiger partial charge on any atom is 0.238 e. The third kappa shape index (κ3) is 3.00. The monoisotopic (exact) mass is 314 g/mol. The SMILES string of the molecule is NS(=O)(=O)c1ccc(N/N=C/c2c[nH]c3ccccc23)cc1. The molecule has 0 atom stereocenters. The van der Waals surface area contributed by atoms with Gasteiger partial charge < -0.3 is 4.98 Å². The molecule has 1 heterocycles. The van der Waals surface area contributed by atoms with Crippen molar-refractivity contribution in [2.75, 3.05) is 5.43 Å². The Hall–Kier alpha value is -2.64.